The molecule has 4 nitrogen and oxygen atoms in total. The van der Waals surface area contributed by atoms with Crippen LogP contribution in [0.3, 0.4) is 0 Å². The molecule has 0 aliphatic carbocycles. The van der Waals surface area contributed by atoms with Crippen molar-refractivity contribution >= 4 is 26.7 Å². The maximum atomic E-state index is 9.50. The number of nitrogens with zero attached hydrogens (tertiary/aromatic N) is 3. The molecule has 2 aromatic rings. The molecule has 1 aliphatic rings. The van der Waals surface area contributed by atoms with Crippen molar-refractivity contribution in [3.63, 3.8) is 0 Å². The Bertz CT molecular complexity index is 550. The van der Waals surface area contributed by atoms with Crippen molar-refractivity contribution in [1.82, 2.24) is 9.88 Å². The lowest BCUT2D eigenvalue weighted by molar-refractivity contribution is 0.115. The Morgan fingerprint density at radius 3 is 2.90 bits per heavy atom. The molecule has 2 unspecified atom stereocenters. The van der Waals surface area contributed by atoms with E-state index in [2.05, 4.69) is 34.9 Å². The van der Waals surface area contributed by atoms with Crippen molar-refractivity contribution in [3.05, 3.63) is 24.3 Å². The summed E-state index contributed by atoms with van der Waals surface area (Å²) < 4.78 is 1.25. The number of thiazole rings is 1. The number of anilines is 1. The number of hydrogen-bond donors (Lipinski definition) is 1. The minimum Gasteiger partial charge on any atom is -0.392 e. The molecule has 0 saturated carbocycles. The summed E-state index contributed by atoms with van der Waals surface area (Å²) in [6, 6.07) is 8.74. The van der Waals surface area contributed by atoms with Gasteiger partial charge in [0, 0.05) is 32.2 Å². The maximum absolute atomic E-state index is 9.50. The van der Waals surface area contributed by atoms with Crippen LogP contribution in [0, 0.1) is 0 Å². The first-order valence-electron chi connectivity index (χ1n) is 7.16. The molecule has 3 rings (SSSR count). The van der Waals surface area contributed by atoms with Crippen molar-refractivity contribution < 1.29 is 5.11 Å². The molecule has 1 aromatic carbocycles. The van der Waals surface area contributed by atoms with Crippen LogP contribution in [0.15, 0.2) is 24.3 Å². The zero-order chi connectivity index (χ0) is 14.1. The second kappa shape index (κ2) is 5.68. The van der Waals surface area contributed by atoms with Gasteiger partial charge in [0.2, 0.25) is 0 Å². The smallest absolute Gasteiger partial charge is 0.186 e. The van der Waals surface area contributed by atoms with E-state index in [0.29, 0.717) is 6.04 Å². The standard InChI is InChI=1S/C15H21N3OS/c1-11-9-17(10-12(2)19)7-8-18(11)15-16-13-5-3-4-6-14(13)20-15/h3-6,11-12,19H,7-10H2,1-2H3. The van der Waals surface area contributed by atoms with E-state index in [1.165, 1.54) is 4.70 Å². The fourth-order valence-electron chi connectivity index (χ4n) is 2.84. The van der Waals surface area contributed by atoms with Gasteiger partial charge < -0.3 is 10.0 Å². The van der Waals surface area contributed by atoms with Crippen molar-refractivity contribution in [3.8, 4) is 0 Å². The summed E-state index contributed by atoms with van der Waals surface area (Å²) in [5, 5.41) is 10.6. The van der Waals surface area contributed by atoms with Crippen LogP contribution in [-0.4, -0.2) is 53.3 Å². The monoisotopic (exact) mass is 291 g/mol. The van der Waals surface area contributed by atoms with Crippen LogP contribution in [0.4, 0.5) is 5.13 Å². The number of fused-ring (bicyclic) bond motifs is 1. The Hall–Kier alpha value is -1.17. The number of para-hydroxylation sites is 1. The van der Waals surface area contributed by atoms with E-state index in [9.17, 15) is 5.11 Å². The Balaban J connectivity index is 1.75. The average Bonchev–Trinajstić information content (AvgIpc) is 2.81. The van der Waals surface area contributed by atoms with Crippen LogP contribution >= 0.6 is 11.3 Å². The van der Waals surface area contributed by atoms with Crippen molar-refractivity contribution in [2.24, 2.45) is 0 Å². The van der Waals surface area contributed by atoms with Gasteiger partial charge in [0.1, 0.15) is 0 Å². The maximum Gasteiger partial charge on any atom is 0.186 e. The fraction of sp³-hybridized carbons (Fsp3) is 0.533. The van der Waals surface area contributed by atoms with Gasteiger partial charge in [-0.15, -0.1) is 0 Å². The minimum absolute atomic E-state index is 0.254. The van der Waals surface area contributed by atoms with Gasteiger partial charge in [-0.25, -0.2) is 4.98 Å². The molecule has 0 spiro atoms. The van der Waals surface area contributed by atoms with Crippen molar-refractivity contribution in [2.45, 2.75) is 26.0 Å². The summed E-state index contributed by atoms with van der Waals surface area (Å²) in [7, 11) is 0. The number of β-amino-alcohol motifs (C(OH)–C–C–N with tert-alkyl or cyclic N) is 1. The van der Waals surface area contributed by atoms with Gasteiger partial charge in [-0.2, -0.15) is 0 Å². The summed E-state index contributed by atoms with van der Waals surface area (Å²) in [6.45, 7) is 7.81. The molecular formula is C15H21N3OS. The molecule has 2 heterocycles. The van der Waals surface area contributed by atoms with E-state index in [4.69, 9.17) is 4.98 Å². The average molecular weight is 291 g/mol. The molecule has 0 radical (unpaired) electrons. The topological polar surface area (TPSA) is 39.6 Å². The highest BCUT2D eigenvalue weighted by molar-refractivity contribution is 7.22. The van der Waals surface area contributed by atoms with E-state index < -0.39 is 0 Å². The fourth-order valence-corrected chi connectivity index (χ4v) is 3.93. The molecule has 1 N–H and O–H groups in total. The predicted octanol–water partition coefficient (Wildman–Crippen LogP) is 2.19. The van der Waals surface area contributed by atoms with E-state index in [0.717, 1.165) is 36.8 Å². The van der Waals surface area contributed by atoms with Gasteiger partial charge >= 0.3 is 0 Å². The Morgan fingerprint density at radius 1 is 1.40 bits per heavy atom. The van der Waals surface area contributed by atoms with Gasteiger partial charge in [0.25, 0.3) is 0 Å². The van der Waals surface area contributed by atoms with Gasteiger partial charge in [-0.05, 0) is 26.0 Å². The summed E-state index contributed by atoms with van der Waals surface area (Å²) in [6.07, 6.45) is -0.254. The number of aliphatic hydroxyl groups excluding tert-OH is 1. The number of hydrogen-bond acceptors (Lipinski definition) is 5. The van der Waals surface area contributed by atoms with Crippen LogP contribution < -0.4 is 4.90 Å². The molecule has 1 fully saturated rings. The predicted molar refractivity (Wildman–Crippen MR) is 84.5 cm³/mol. The first-order valence-corrected chi connectivity index (χ1v) is 7.98. The van der Waals surface area contributed by atoms with Gasteiger partial charge in [0.15, 0.2) is 5.13 Å². The van der Waals surface area contributed by atoms with Crippen LogP contribution in [0.5, 0.6) is 0 Å². The third-order valence-electron chi connectivity index (χ3n) is 3.76. The molecule has 5 heteroatoms. The summed E-state index contributed by atoms with van der Waals surface area (Å²) in [4.78, 5) is 9.47. The Morgan fingerprint density at radius 2 is 2.20 bits per heavy atom. The summed E-state index contributed by atoms with van der Waals surface area (Å²) in [5.41, 5.74) is 1.09. The van der Waals surface area contributed by atoms with Gasteiger partial charge in [-0.3, -0.25) is 4.90 Å². The lowest BCUT2D eigenvalue weighted by Crippen LogP contribution is -2.53. The lowest BCUT2D eigenvalue weighted by Gasteiger charge is -2.40. The van der Waals surface area contributed by atoms with Gasteiger partial charge in [0.05, 0.1) is 16.3 Å². The molecule has 1 aromatic heterocycles. The molecule has 2 atom stereocenters. The van der Waals surface area contributed by atoms with Gasteiger partial charge in [-0.1, -0.05) is 23.5 Å². The van der Waals surface area contributed by atoms with Crippen LogP contribution in [-0.2, 0) is 0 Å². The highest BCUT2D eigenvalue weighted by Gasteiger charge is 2.26. The van der Waals surface area contributed by atoms with E-state index in [1.807, 2.05) is 13.0 Å². The van der Waals surface area contributed by atoms with E-state index in [1.54, 1.807) is 11.3 Å². The molecule has 0 amide bonds. The molecule has 108 valence electrons. The van der Waals surface area contributed by atoms with Crippen LogP contribution in [0.1, 0.15) is 13.8 Å². The molecular weight excluding hydrogens is 270 g/mol. The molecule has 1 aliphatic heterocycles. The number of rotatable bonds is 3. The van der Waals surface area contributed by atoms with E-state index in [-0.39, 0.29) is 6.10 Å². The molecule has 1 saturated heterocycles. The first kappa shape index (κ1) is 13.8. The zero-order valence-electron chi connectivity index (χ0n) is 12.0. The molecule has 20 heavy (non-hydrogen) atoms. The number of benzene rings is 1. The largest absolute Gasteiger partial charge is 0.392 e. The Kier molecular flexibility index (Phi) is 3.92. The zero-order valence-corrected chi connectivity index (χ0v) is 12.8. The highest BCUT2D eigenvalue weighted by atomic mass is 32.1. The third kappa shape index (κ3) is 2.80. The summed E-state index contributed by atoms with van der Waals surface area (Å²) >= 11 is 1.77. The second-order valence-corrected chi connectivity index (χ2v) is 6.62. The normalized spacial score (nSPS) is 22.4. The lowest BCUT2D eigenvalue weighted by atomic mass is 10.2. The number of piperazine rings is 1. The van der Waals surface area contributed by atoms with E-state index >= 15 is 0 Å². The quantitative estimate of drug-likeness (QED) is 0.941. The highest BCUT2D eigenvalue weighted by Crippen LogP contribution is 2.30. The van der Waals surface area contributed by atoms with Crippen LogP contribution in [0.2, 0.25) is 0 Å². The number of aliphatic hydroxyl groups is 1. The SMILES string of the molecule is CC(O)CN1CCN(c2nc3ccccc3s2)C(C)C1. The molecule has 0 bridgehead atoms. The second-order valence-electron chi connectivity index (χ2n) is 5.62. The van der Waals surface area contributed by atoms with Crippen molar-refractivity contribution in [1.29, 1.82) is 0 Å². The van der Waals surface area contributed by atoms with Crippen LogP contribution in [0.25, 0.3) is 10.2 Å². The Labute approximate surface area is 123 Å². The minimum atomic E-state index is -0.254. The first-order chi connectivity index (χ1) is 9.63. The van der Waals surface area contributed by atoms with Crippen molar-refractivity contribution in [2.75, 3.05) is 31.1 Å². The third-order valence-corrected chi connectivity index (χ3v) is 4.84. The summed E-state index contributed by atoms with van der Waals surface area (Å²) in [5.74, 6) is 0. The number of aromatic nitrogens is 1.